The summed E-state index contributed by atoms with van der Waals surface area (Å²) in [6.45, 7) is 6.85. The van der Waals surface area contributed by atoms with Gasteiger partial charge in [-0.05, 0) is 115 Å². The standard InChI is InChI=1S/C72H127N2O7P/c1-7-10-13-16-19-22-25-28-30-32-34-35-36-37-38-39-41-42-44-46-49-52-55-58-61-64-71(75)73-69(68-80-82(77,78)79-67-66-74(4,5)6)70(63-60-57-54-51-48-27-24-21-18-15-12-9-3)81-72(76)65-62-59-56-53-50-47-45-43-40-33-31-29-26-23-20-17-14-11-8-2/h11,14,19-20,22-23,28-31,34-35,40,43,47,50,60,63,69-70H,7-10,12-13,15-18,21,24-27,32-33,36-39,41-42,44-46,48-49,51-59,61-62,64-68H2,1-6H3,(H-,73,75,77,78)/p+1/b14-11-,22-19-,23-20-,30-28-,31-29-,35-34-,43-40-,50-47-,63-60-. The zero-order chi connectivity index (χ0) is 60.0. The van der Waals surface area contributed by atoms with Crippen LogP contribution < -0.4 is 5.32 Å². The number of phosphoric ester groups is 1. The lowest BCUT2D eigenvalue weighted by Gasteiger charge is -2.27. The van der Waals surface area contributed by atoms with Gasteiger partial charge in [0.25, 0.3) is 0 Å². The second-order valence-corrected chi connectivity index (χ2v) is 25.1. The number of unbranched alkanes of at least 4 members (excludes halogenated alkanes) is 28. The molecular formula is C72H128N2O7P+. The van der Waals surface area contributed by atoms with Crippen LogP contribution in [0.3, 0.4) is 0 Å². The van der Waals surface area contributed by atoms with E-state index >= 15 is 0 Å². The number of nitrogens with zero attached hydrogens (tertiary/aromatic N) is 1. The van der Waals surface area contributed by atoms with E-state index in [4.69, 9.17) is 13.8 Å². The maximum Gasteiger partial charge on any atom is 0.472 e. The van der Waals surface area contributed by atoms with Crippen LogP contribution in [-0.4, -0.2) is 74.3 Å². The van der Waals surface area contributed by atoms with Gasteiger partial charge in [-0.3, -0.25) is 18.6 Å². The highest BCUT2D eigenvalue weighted by Crippen LogP contribution is 2.43. The average Bonchev–Trinajstić information content (AvgIpc) is 3.44. The molecule has 0 aromatic rings. The minimum atomic E-state index is -4.47. The number of rotatable bonds is 60. The van der Waals surface area contributed by atoms with E-state index < -0.39 is 20.0 Å². The summed E-state index contributed by atoms with van der Waals surface area (Å²) in [4.78, 5) is 37.8. The van der Waals surface area contributed by atoms with E-state index in [-0.39, 0.29) is 31.5 Å². The Labute approximate surface area is 506 Å². The van der Waals surface area contributed by atoms with E-state index in [0.717, 1.165) is 103 Å². The summed E-state index contributed by atoms with van der Waals surface area (Å²) in [5.41, 5.74) is 0. The van der Waals surface area contributed by atoms with Crippen molar-refractivity contribution in [2.45, 2.75) is 296 Å². The Balaban J connectivity index is 5.18. The number of carbonyl (C=O) groups is 2. The van der Waals surface area contributed by atoms with E-state index in [2.05, 4.69) is 123 Å². The van der Waals surface area contributed by atoms with Gasteiger partial charge in [0, 0.05) is 12.8 Å². The zero-order valence-electron chi connectivity index (χ0n) is 54.0. The first-order valence-corrected chi connectivity index (χ1v) is 35.2. The summed E-state index contributed by atoms with van der Waals surface area (Å²) in [5.74, 6) is -0.546. The molecule has 0 rings (SSSR count). The minimum Gasteiger partial charge on any atom is -0.456 e. The van der Waals surface area contributed by atoms with Crippen molar-refractivity contribution in [2.24, 2.45) is 0 Å². The number of amides is 1. The Kier molecular flexibility index (Phi) is 58.3. The molecule has 3 atom stereocenters. The zero-order valence-corrected chi connectivity index (χ0v) is 54.8. The summed E-state index contributed by atoms with van der Waals surface area (Å²) in [5, 5.41) is 3.05. The highest BCUT2D eigenvalue weighted by molar-refractivity contribution is 7.47. The molecule has 0 aromatic heterocycles. The third-order valence-electron chi connectivity index (χ3n) is 14.4. The molecule has 82 heavy (non-hydrogen) atoms. The van der Waals surface area contributed by atoms with E-state index in [0.29, 0.717) is 23.9 Å². The fourth-order valence-corrected chi connectivity index (χ4v) is 10.0. The van der Waals surface area contributed by atoms with Gasteiger partial charge in [-0.2, -0.15) is 0 Å². The molecule has 0 aromatic carbocycles. The number of likely N-dealkylation sites (N-methyl/N-ethyl adjacent to an activating group) is 1. The van der Waals surface area contributed by atoms with Crippen molar-refractivity contribution in [2.75, 3.05) is 40.9 Å². The van der Waals surface area contributed by atoms with Crippen LogP contribution in [0.5, 0.6) is 0 Å². The van der Waals surface area contributed by atoms with Crippen LogP contribution >= 0.6 is 7.82 Å². The molecule has 0 spiro atoms. The van der Waals surface area contributed by atoms with Crippen molar-refractivity contribution < 1.29 is 37.3 Å². The second-order valence-electron chi connectivity index (χ2n) is 23.6. The first kappa shape index (κ1) is 78.7. The van der Waals surface area contributed by atoms with E-state index in [1.807, 2.05) is 33.3 Å². The smallest absolute Gasteiger partial charge is 0.456 e. The van der Waals surface area contributed by atoms with Gasteiger partial charge >= 0.3 is 13.8 Å². The fourth-order valence-electron chi connectivity index (χ4n) is 9.27. The Hall–Kier alpha value is -3.33. The highest BCUT2D eigenvalue weighted by atomic mass is 31.2. The summed E-state index contributed by atoms with van der Waals surface area (Å²) >= 11 is 0. The molecule has 3 unspecified atom stereocenters. The monoisotopic (exact) mass is 1160 g/mol. The van der Waals surface area contributed by atoms with E-state index in [1.54, 1.807) is 0 Å². The van der Waals surface area contributed by atoms with Gasteiger partial charge in [0.15, 0.2) is 0 Å². The predicted octanol–water partition coefficient (Wildman–Crippen LogP) is 21.3. The van der Waals surface area contributed by atoms with Gasteiger partial charge in [-0.1, -0.05) is 265 Å². The lowest BCUT2D eigenvalue weighted by Crippen LogP contribution is -2.47. The number of phosphoric acid groups is 1. The third-order valence-corrected chi connectivity index (χ3v) is 15.4. The van der Waals surface area contributed by atoms with Crippen LogP contribution in [0.4, 0.5) is 0 Å². The number of ether oxygens (including phenoxy) is 1. The third kappa shape index (κ3) is 61.2. The molecule has 0 saturated heterocycles. The quantitative estimate of drug-likeness (QED) is 0.0205. The summed E-state index contributed by atoms with van der Waals surface area (Å²) in [6.07, 6.45) is 83.8. The van der Waals surface area contributed by atoms with Crippen molar-refractivity contribution in [3.05, 3.63) is 109 Å². The van der Waals surface area contributed by atoms with Gasteiger partial charge in [0.1, 0.15) is 19.3 Å². The van der Waals surface area contributed by atoms with Gasteiger partial charge in [0.2, 0.25) is 5.91 Å². The molecule has 0 radical (unpaired) electrons. The maximum atomic E-state index is 13.6. The van der Waals surface area contributed by atoms with Crippen molar-refractivity contribution in [3.63, 3.8) is 0 Å². The normalized spacial score (nSPS) is 14.3. The van der Waals surface area contributed by atoms with Crippen LogP contribution in [-0.2, 0) is 27.9 Å². The Bertz CT molecular complexity index is 1770. The van der Waals surface area contributed by atoms with Crippen LogP contribution in [0.15, 0.2) is 109 Å². The lowest BCUT2D eigenvalue weighted by molar-refractivity contribution is -0.870. The van der Waals surface area contributed by atoms with Crippen molar-refractivity contribution in [3.8, 4) is 0 Å². The molecule has 0 fully saturated rings. The Morgan fingerprint density at radius 1 is 0.439 bits per heavy atom. The fraction of sp³-hybridized carbons (Fsp3) is 0.722. The van der Waals surface area contributed by atoms with Crippen molar-refractivity contribution >= 4 is 19.7 Å². The number of nitrogens with one attached hydrogen (secondary N) is 1. The predicted molar refractivity (Wildman–Crippen MR) is 355 cm³/mol. The Morgan fingerprint density at radius 2 is 0.780 bits per heavy atom. The van der Waals surface area contributed by atoms with Crippen LogP contribution in [0.1, 0.15) is 284 Å². The maximum absolute atomic E-state index is 13.6. The summed E-state index contributed by atoms with van der Waals surface area (Å²) in [6, 6.07) is -0.870. The highest BCUT2D eigenvalue weighted by Gasteiger charge is 2.30. The molecule has 9 nitrogen and oxygen atoms in total. The number of hydrogen-bond acceptors (Lipinski definition) is 6. The first-order chi connectivity index (χ1) is 39.9. The van der Waals surface area contributed by atoms with Gasteiger partial charge in [-0.15, -0.1) is 0 Å². The van der Waals surface area contributed by atoms with Crippen LogP contribution in [0.2, 0.25) is 0 Å². The number of quaternary nitrogens is 1. The molecule has 0 saturated carbocycles. The molecule has 0 aliphatic carbocycles. The van der Waals surface area contributed by atoms with Crippen molar-refractivity contribution in [1.82, 2.24) is 5.32 Å². The van der Waals surface area contributed by atoms with Crippen molar-refractivity contribution in [1.29, 1.82) is 0 Å². The molecule has 10 heteroatoms. The summed E-state index contributed by atoms with van der Waals surface area (Å²) < 4.78 is 30.7. The molecule has 0 heterocycles. The van der Waals surface area contributed by atoms with Gasteiger partial charge in [0.05, 0.1) is 33.8 Å². The molecule has 1 amide bonds. The topological polar surface area (TPSA) is 111 Å². The SMILES string of the molecule is CC/C=C\C/C=C\C/C=C\C/C=C\C/C=C\CCCCCC(=O)OC(/C=C\CCCCCCCCCCCC)C(COP(=O)(O)OCC[N+](C)(C)C)NC(=O)CCCCCCCCCCCCCC/C=C\C/C=C\C/C=C\CCCCC. The van der Waals surface area contributed by atoms with Crippen LogP contribution in [0.25, 0.3) is 0 Å². The minimum absolute atomic E-state index is 0.0295. The molecule has 0 aliphatic heterocycles. The first-order valence-electron chi connectivity index (χ1n) is 33.7. The van der Waals surface area contributed by atoms with Gasteiger partial charge in [-0.25, -0.2) is 4.57 Å². The van der Waals surface area contributed by atoms with E-state index in [9.17, 15) is 19.0 Å². The number of carbonyl (C=O) groups excluding carboxylic acids is 2. The summed E-state index contributed by atoms with van der Waals surface area (Å²) in [7, 11) is 1.47. The number of esters is 1. The van der Waals surface area contributed by atoms with Crippen LogP contribution in [0, 0.1) is 0 Å². The molecule has 0 aliphatic rings. The molecular weight excluding hydrogens is 1040 g/mol. The number of hydrogen-bond donors (Lipinski definition) is 2. The molecule has 472 valence electrons. The van der Waals surface area contributed by atoms with Gasteiger partial charge < -0.3 is 19.4 Å². The molecule has 2 N–H and O–H groups in total. The number of allylic oxidation sites excluding steroid dienone is 17. The largest absolute Gasteiger partial charge is 0.472 e. The average molecular weight is 1160 g/mol. The lowest BCUT2D eigenvalue weighted by atomic mass is 10.0. The van der Waals surface area contributed by atoms with E-state index in [1.165, 1.54) is 141 Å². The molecule has 0 bridgehead atoms. The second kappa shape index (κ2) is 60.8. The Morgan fingerprint density at radius 3 is 1.21 bits per heavy atom.